The number of aromatic nitrogens is 1. The molecule has 0 fully saturated rings. The second kappa shape index (κ2) is 3.20. The molecule has 0 amide bonds. The number of rotatable bonds is 1. The first-order valence-electron chi connectivity index (χ1n) is 3.87. The highest BCUT2D eigenvalue weighted by Gasteiger charge is 2.03. The summed E-state index contributed by atoms with van der Waals surface area (Å²) in [4.78, 5) is 5.19. The molecule has 2 nitrogen and oxygen atoms in total. The summed E-state index contributed by atoms with van der Waals surface area (Å²) in [6, 6.07) is 5.78. The maximum atomic E-state index is 11.2. The summed E-state index contributed by atoms with van der Waals surface area (Å²) in [5.74, 6) is 0. The van der Waals surface area contributed by atoms with Crippen molar-refractivity contribution in [3.8, 4) is 0 Å². The second-order valence-electron chi connectivity index (χ2n) is 2.82. The number of nitrogens with zero attached hydrogens (tertiary/aromatic N) is 1. The number of benzene rings is 1. The van der Waals surface area contributed by atoms with E-state index in [0.29, 0.717) is 0 Å². The first kappa shape index (κ1) is 8.84. The summed E-state index contributed by atoms with van der Waals surface area (Å²) in [7, 11) is -0.911. The second-order valence-corrected chi connectivity index (χ2v) is 5.43. The highest BCUT2D eigenvalue weighted by atomic mass is 32.2. The predicted octanol–water partition coefficient (Wildman–Crippen LogP) is 2.34. The van der Waals surface area contributed by atoms with Gasteiger partial charge >= 0.3 is 0 Å². The van der Waals surface area contributed by atoms with Gasteiger partial charge in [-0.3, -0.25) is 4.21 Å². The Hall–Kier alpha value is -0.740. The molecule has 0 unspecified atom stereocenters. The Kier molecular flexibility index (Phi) is 2.17. The average molecular weight is 211 g/mol. The Bertz CT molecular complexity index is 475. The van der Waals surface area contributed by atoms with Crippen molar-refractivity contribution in [3.05, 3.63) is 23.2 Å². The van der Waals surface area contributed by atoms with Gasteiger partial charge in [-0.2, -0.15) is 0 Å². The van der Waals surface area contributed by atoms with Gasteiger partial charge in [0.05, 0.1) is 15.2 Å². The first-order valence-corrected chi connectivity index (χ1v) is 6.25. The maximum Gasteiger partial charge on any atom is 0.0907 e. The van der Waals surface area contributed by atoms with Crippen LogP contribution in [0.1, 0.15) is 5.01 Å². The number of hydrogen-bond donors (Lipinski definition) is 0. The zero-order chi connectivity index (χ0) is 9.42. The molecule has 0 bridgehead atoms. The molecule has 0 saturated carbocycles. The fraction of sp³-hybridized carbons (Fsp3) is 0.222. The van der Waals surface area contributed by atoms with Gasteiger partial charge in [-0.05, 0) is 25.1 Å². The Balaban J connectivity index is 2.67. The smallest absolute Gasteiger partial charge is 0.0907 e. The van der Waals surface area contributed by atoms with Crippen molar-refractivity contribution >= 4 is 32.4 Å². The molecule has 0 radical (unpaired) electrons. The van der Waals surface area contributed by atoms with E-state index in [1.807, 2.05) is 25.1 Å². The van der Waals surface area contributed by atoms with Crippen LogP contribution in [0.15, 0.2) is 23.1 Å². The molecule has 4 heteroatoms. The lowest BCUT2D eigenvalue weighted by molar-refractivity contribution is 0.687. The topological polar surface area (TPSA) is 30.0 Å². The molecule has 2 rings (SSSR count). The van der Waals surface area contributed by atoms with Crippen molar-refractivity contribution in [3.63, 3.8) is 0 Å². The van der Waals surface area contributed by atoms with Gasteiger partial charge in [-0.1, -0.05) is 0 Å². The molecule has 68 valence electrons. The number of thiazole rings is 1. The number of aryl methyl sites for hydroxylation is 1. The average Bonchev–Trinajstić information content (AvgIpc) is 2.42. The van der Waals surface area contributed by atoms with Crippen molar-refractivity contribution in [1.29, 1.82) is 0 Å². The minimum Gasteiger partial charge on any atom is -0.255 e. The van der Waals surface area contributed by atoms with Crippen LogP contribution in [0.25, 0.3) is 10.2 Å². The van der Waals surface area contributed by atoms with Crippen LogP contribution in [0.5, 0.6) is 0 Å². The zero-order valence-electron chi connectivity index (χ0n) is 7.40. The van der Waals surface area contributed by atoms with Gasteiger partial charge in [-0.15, -0.1) is 11.3 Å². The van der Waals surface area contributed by atoms with Crippen molar-refractivity contribution in [2.24, 2.45) is 0 Å². The van der Waals surface area contributed by atoms with E-state index in [1.165, 1.54) is 0 Å². The summed E-state index contributed by atoms with van der Waals surface area (Å²) in [6.45, 7) is 1.98. The molecule has 0 aliphatic rings. The molecule has 0 saturated heterocycles. The largest absolute Gasteiger partial charge is 0.255 e. The minimum absolute atomic E-state index is 0.845. The monoisotopic (exact) mass is 211 g/mol. The molecule has 1 aromatic heterocycles. The molecule has 1 heterocycles. The predicted molar refractivity (Wildman–Crippen MR) is 56.7 cm³/mol. The maximum absolute atomic E-state index is 11.2. The summed E-state index contributed by atoms with van der Waals surface area (Å²) in [6.07, 6.45) is 1.68. The third-order valence-electron chi connectivity index (χ3n) is 1.80. The lowest BCUT2D eigenvalue weighted by Gasteiger charge is -1.93. The van der Waals surface area contributed by atoms with Crippen LogP contribution >= 0.6 is 11.3 Å². The molecular formula is C9H9NOS2. The minimum atomic E-state index is -0.911. The van der Waals surface area contributed by atoms with Gasteiger partial charge in [0, 0.05) is 22.0 Å². The lowest BCUT2D eigenvalue weighted by Crippen LogP contribution is -1.85. The molecule has 0 spiro atoms. The molecule has 1 aromatic carbocycles. The van der Waals surface area contributed by atoms with Crippen LogP contribution in [0, 0.1) is 6.92 Å². The van der Waals surface area contributed by atoms with Gasteiger partial charge in [-0.25, -0.2) is 4.98 Å². The molecular weight excluding hydrogens is 202 g/mol. The van der Waals surface area contributed by atoms with Crippen molar-refractivity contribution < 1.29 is 4.21 Å². The van der Waals surface area contributed by atoms with Gasteiger partial charge in [0.1, 0.15) is 0 Å². The lowest BCUT2D eigenvalue weighted by atomic mass is 10.3. The summed E-state index contributed by atoms with van der Waals surface area (Å²) < 4.78 is 12.3. The highest BCUT2D eigenvalue weighted by molar-refractivity contribution is 7.84. The van der Waals surface area contributed by atoms with Gasteiger partial charge < -0.3 is 0 Å². The van der Waals surface area contributed by atoms with Gasteiger partial charge in [0.2, 0.25) is 0 Å². The van der Waals surface area contributed by atoms with E-state index in [0.717, 1.165) is 20.1 Å². The Morgan fingerprint density at radius 1 is 1.46 bits per heavy atom. The normalized spacial score (nSPS) is 13.4. The number of hydrogen-bond acceptors (Lipinski definition) is 3. The van der Waals surface area contributed by atoms with Crippen LogP contribution in [0.4, 0.5) is 0 Å². The highest BCUT2D eigenvalue weighted by Crippen LogP contribution is 2.23. The molecule has 0 aliphatic carbocycles. The van der Waals surface area contributed by atoms with Crippen LogP contribution < -0.4 is 0 Å². The SMILES string of the molecule is Cc1nc2cc([S@@](C)=O)ccc2s1. The Morgan fingerprint density at radius 2 is 2.23 bits per heavy atom. The van der Waals surface area contributed by atoms with Crippen LogP contribution in [0.3, 0.4) is 0 Å². The van der Waals surface area contributed by atoms with E-state index in [-0.39, 0.29) is 0 Å². The van der Waals surface area contributed by atoms with Crippen molar-refractivity contribution in [2.75, 3.05) is 6.26 Å². The van der Waals surface area contributed by atoms with E-state index in [4.69, 9.17) is 0 Å². The van der Waals surface area contributed by atoms with Gasteiger partial charge in [0.15, 0.2) is 0 Å². The van der Waals surface area contributed by atoms with Crippen LogP contribution in [-0.4, -0.2) is 15.4 Å². The van der Waals surface area contributed by atoms with E-state index in [2.05, 4.69) is 4.98 Å². The van der Waals surface area contributed by atoms with Gasteiger partial charge in [0.25, 0.3) is 0 Å². The summed E-state index contributed by atoms with van der Waals surface area (Å²) in [5, 5.41) is 1.05. The third-order valence-corrected chi connectivity index (χ3v) is 3.67. The van der Waals surface area contributed by atoms with E-state index < -0.39 is 10.8 Å². The molecule has 13 heavy (non-hydrogen) atoms. The fourth-order valence-electron chi connectivity index (χ4n) is 1.20. The van der Waals surface area contributed by atoms with Crippen LogP contribution in [0.2, 0.25) is 0 Å². The Morgan fingerprint density at radius 3 is 2.92 bits per heavy atom. The van der Waals surface area contributed by atoms with Crippen molar-refractivity contribution in [1.82, 2.24) is 4.98 Å². The van der Waals surface area contributed by atoms with Crippen LogP contribution in [-0.2, 0) is 10.8 Å². The summed E-state index contributed by atoms with van der Waals surface area (Å²) in [5.41, 5.74) is 0.954. The first-order chi connectivity index (χ1) is 6.16. The van der Waals surface area contributed by atoms with E-state index in [1.54, 1.807) is 17.6 Å². The van der Waals surface area contributed by atoms with Crippen molar-refractivity contribution in [2.45, 2.75) is 11.8 Å². The molecule has 2 aromatic rings. The van der Waals surface area contributed by atoms with E-state index >= 15 is 0 Å². The third kappa shape index (κ3) is 1.64. The zero-order valence-corrected chi connectivity index (χ0v) is 9.04. The quantitative estimate of drug-likeness (QED) is 0.724. The van der Waals surface area contributed by atoms with E-state index in [9.17, 15) is 4.21 Å². The fourth-order valence-corrected chi connectivity index (χ4v) is 2.55. The standard InChI is InChI=1S/C9H9NOS2/c1-6-10-8-5-7(13(2)11)3-4-9(8)12-6/h3-5H,1-2H3/t13-/m1/s1. The molecule has 1 atom stereocenters. The Labute approximate surface area is 83.1 Å². The molecule has 0 N–H and O–H groups in total. The summed E-state index contributed by atoms with van der Waals surface area (Å²) >= 11 is 1.66. The number of fused-ring (bicyclic) bond motifs is 1. The molecule has 0 aliphatic heterocycles.